The maximum atomic E-state index is 11.6. The molecule has 2 aromatic rings. The van der Waals surface area contributed by atoms with Gasteiger partial charge in [0.05, 0.1) is 17.2 Å². The highest BCUT2D eigenvalue weighted by Crippen LogP contribution is 2.29. The Kier molecular flexibility index (Phi) is 4.96. The van der Waals surface area contributed by atoms with Gasteiger partial charge in [0.2, 0.25) is 5.91 Å². The minimum atomic E-state index is 0.0293. The largest absolute Gasteiger partial charge is 0.377 e. The summed E-state index contributed by atoms with van der Waals surface area (Å²) in [6, 6.07) is 6.10. The van der Waals surface area contributed by atoms with Gasteiger partial charge in [-0.05, 0) is 38.5 Å². The number of thiazole rings is 1. The summed E-state index contributed by atoms with van der Waals surface area (Å²) in [5.74, 6) is 0.0293. The molecular weight excluding hydrogens is 282 g/mol. The smallest absolute Gasteiger partial charge is 0.224 e. The first-order valence-corrected chi connectivity index (χ1v) is 7.96. The van der Waals surface area contributed by atoms with E-state index in [0.717, 1.165) is 22.6 Å². The van der Waals surface area contributed by atoms with Gasteiger partial charge >= 0.3 is 0 Å². The first kappa shape index (κ1) is 15.5. The molecule has 5 heteroatoms. The number of aromatic nitrogens is 1. The van der Waals surface area contributed by atoms with Crippen LogP contribution in [0.4, 0.5) is 11.4 Å². The molecule has 0 spiro atoms. The number of carbonyl (C=O) groups excluding carboxylic acids is 1. The lowest BCUT2D eigenvalue weighted by atomic mass is 10.1. The average molecular weight is 303 g/mol. The fraction of sp³-hybridized carbons (Fsp3) is 0.375. The van der Waals surface area contributed by atoms with E-state index in [0.29, 0.717) is 6.42 Å². The van der Waals surface area contributed by atoms with Crippen LogP contribution in [-0.4, -0.2) is 10.9 Å². The van der Waals surface area contributed by atoms with Crippen molar-refractivity contribution in [3.63, 3.8) is 0 Å². The molecule has 2 N–H and O–H groups in total. The van der Waals surface area contributed by atoms with Crippen molar-refractivity contribution in [2.45, 2.75) is 40.2 Å². The van der Waals surface area contributed by atoms with Gasteiger partial charge in [0, 0.05) is 22.7 Å². The van der Waals surface area contributed by atoms with Crippen LogP contribution in [0.5, 0.6) is 0 Å². The highest BCUT2D eigenvalue weighted by atomic mass is 32.1. The van der Waals surface area contributed by atoms with Crippen LogP contribution in [0.15, 0.2) is 23.7 Å². The van der Waals surface area contributed by atoms with E-state index in [1.165, 1.54) is 4.88 Å². The Morgan fingerprint density at radius 2 is 2.05 bits per heavy atom. The second-order valence-electron chi connectivity index (χ2n) is 5.05. The Hall–Kier alpha value is -1.88. The standard InChI is InChI=1S/C16H21N3OS/c1-5-15(20)19-14-8-6-7-13(10(14)2)18-12(4)16-11(3)17-9-21-16/h6-9,12,18H,5H2,1-4H3,(H,19,20). The van der Waals surface area contributed by atoms with Crippen molar-refractivity contribution in [3.8, 4) is 0 Å². The monoisotopic (exact) mass is 303 g/mol. The van der Waals surface area contributed by atoms with Crippen LogP contribution in [0.2, 0.25) is 0 Å². The van der Waals surface area contributed by atoms with Crippen LogP contribution in [0.25, 0.3) is 0 Å². The Morgan fingerprint density at radius 3 is 2.67 bits per heavy atom. The van der Waals surface area contributed by atoms with Gasteiger partial charge in [-0.25, -0.2) is 4.98 Å². The number of carbonyl (C=O) groups is 1. The molecule has 0 fully saturated rings. The summed E-state index contributed by atoms with van der Waals surface area (Å²) >= 11 is 1.66. The predicted molar refractivity (Wildman–Crippen MR) is 89.0 cm³/mol. The molecule has 4 nitrogen and oxygen atoms in total. The summed E-state index contributed by atoms with van der Waals surface area (Å²) in [5, 5.41) is 6.44. The van der Waals surface area contributed by atoms with Crippen molar-refractivity contribution in [1.29, 1.82) is 0 Å². The summed E-state index contributed by atoms with van der Waals surface area (Å²) in [4.78, 5) is 17.1. The SMILES string of the molecule is CCC(=O)Nc1cccc(NC(C)c2scnc2C)c1C. The van der Waals surface area contributed by atoms with Crippen molar-refractivity contribution in [3.05, 3.63) is 39.8 Å². The summed E-state index contributed by atoms with van der Waals surface area (Å²) < 4.78 is 0. The third-order valence-corrected chi connectivity index (χ3v) is 4.59. The van der Waals surface area contributed by atoms with Crippen LogP contribution in [0, 0.1) is 13.8 Å². The molecule has 1 aromatic heterocycles. The molecule has 0 radical (unpaired) electrons. The van der Waals surface area contributed by atoms with E-state index >= 15 is 0 Å². The van der Waals surface area contributed by atoms with Crippen molar-refractivity contribution in [1.82, 2.24) is 4.98 Å². The van der Waals surface area contributed by atoms with Crippen LogP contribution in [-0.2, 0) is 4.79 Å². The van der Waals surface area contributed by atoms with Crippen LogP contribution >= 0.6 is 11.3 Å². The maximum Gasteiger partial charge on any atom is 0.224 e. The maximum absolute atomic E-state index is 11.6. The van der Waals surface area contributed by atoms with Gasteiger partial charge in [0.25, 0.3) is 0 Å². The number of amides is 1. The predicted octanol–water partition coefficient (Wildman–Crippen LogP) is 4.28. The van der Waals surface area contributed by atoms with Crippen molar-refractivity contribution in [2.24, 2.45) is 0 Å². The van der Waals surface area contributed by atoms with E-state index in [1.807, 2.05) is 44.5 Å². The van der Waals surface area contributed by atoms with E-state index in [9.17, 15) is 4.79 Å². The molecule has 1 aromatic carbocycles. The molecule has 21 heavy (non-hydrogen) atoms. The Labute approximate surface area is 129 Å². The van der Waals surface area contributed by atoms with E-state index in [1.54, 1.807) is 11.3 Å². The van der Waals surface area contributed by atoms with E-state index < -0.39 is 0 Å². The fourth-order valence-electron chi connectivity index (χ4n) is 2.19. The van der Waals surface area contributed by atoms with E-state index in [-0.39, 0.29) is 11.9 Å². The molecule has 1 atom stereocenters. The van der Waals surface area contributed by atoms with Gasteiger partial charge in [-0.2, -0.15) is 0 Å². The molecule has 0 saturated heterocycles. The molecule has 1 heterocycles. The van der Waals surface area contributed by atoms with Gasteiger partial charge in [-0.3, -0.25) is 4.79 Å². The van der Waals surface area contributed by atoms with E-state index in [2.05, 4.69) is 22.5 Å². The first-order valence-electron chi connectivity index (χ1n) is 7.09. The Balaban J connectivity index is 2.19. The van der Waals surface area contributed by atoms with Crippen molar-refractivity contribution in [2.75, 3.05) is 10.6 Å². The van der Waals surface area contributed by atoms with Crippen molar-refractivity contribution < 1.29 is 4.79 Å². The molecule has 112 valence electrons. The zero-order chi connectivity index (χ0) is 15.4. The number of benzene rings is 1. The average Bonchev–Trinajstić information content (AvgIpc) is 2.89. The highest BCUT2D eigenvalue weighted by Gasteiger charge is 2.13. The second-order valence-corrected chi connectivity index (χ2v) is 5.93. The number of hydrogen-bond donors (Lipinski definition) is 2. The number of aryl methyl sites for hydroxylation is 1. The normalized spacial score (nSPS) is 12.0. The molecule has 0 bridgehead atoms. The van der Waals surface area contributed by atoms with Crippen molar-refractivity contribution >= 4 is 28.6 Å². The molecule has 0 aliphatic carbocycles. The zero-order valence-electron chi connectivity index (χ0n) is 12.9. The second kappa shape index (κ2) is 6.72. The number of nitrogens with one attached hydrogen (secondary N) is 2. The van der Waals surface area contributed by atoms with Gasteiger partial charge < -0.3 is 10.6 Å². The summed E-state index contributed by atoms with van der Waals surface area (Å²) in [6.45, 7) is 8.01. The summed E-state index contributed by atoms with van der Waals surface area (Å²) in [7, 11) is 0. The third-order valence-electron chi connectivity index (χ3n) is 3.48. The minimum absolute atomic E-state index is 0.0293. The fourth-order valence-corrected chi connectivity index (χ4v) is 3.00. The molecule has 2 rings (SSSR count). The number of hydrogen-bond acceptors (Lipinski definition) is 4. The molecule has 1 unspecified atom stereocenters. The molecule has 0 saturated carbocycles. The Morgan fingerprint density at radius 1 is 1.33 bits per heavy atom. The molecule has 1 amide bonds. The lowest BCUT2D eigenvalue weighted by Crippen LogP contribution is -2.12. The summed E-state index contributed by atoms with van der Waals surface area (Å²) in [6.07, 6.45) is 0.480. The van der Waals surface area contributed by atoms with Crippen LogP contribution in [0.1, 0.15) is 42.4 Å². The highest BCUT2D eigenvalue weighted by molar-refractivity contribution is 7.09. The summed E-state index contributed by atoms with van der Waals surface area (Å²) in [5.41, 5.74) is 5.87. The number of nitrogens with zero attached hydrogens (tertiary/aromatic N) is 1. The minimum Gasteiger partial charge on any atom is -0.377 e. The number of rotatable bonds is 5. The molecule has 0 aliphatic heterocycles. The third kappa shape index (κ3) is 3.61. The topological polar surface area (TPSA) is 54.0 Å². The van der Waals surface area contributed by atoms with Gasteiger partial charge in [-0.15, -0.1) is 11.3 Å². The Bertz CT molecular complexity index is 636. The van der Waals surface area contributed by atoms with Crippen LogP contribution < -0.4 is 10.6 Å². The van der Waals surface area contributed by atoms with Gasteiger partial charge in [0.1, 0.15) is 0 Å². The quantitative estimate of drug-likeness (QED) is 0.866. The lowest BCUT2D eigenvalue weighted by molar-refractivity contribution is -0.115. The number of anilines is 2. The lowest BCUT2D eigenvalue weighted by Gasteiger charge is -2.18. The van der Waals surface area contributed by atoms with Gasteiger partial charge in [-0.1, -0.05) is 13.0 Å². The zero-order valence-corrected chi connectivity index (χ0v) is 13.7. The van der Waals surface area contributed by atoms with Gasteiger partial charge in [0.15, 0.2) is 0 Å². The first-order chi connectivity index (χ1) is 10.0. The molecular formula is C16H21N3OS. The van der Waals surface area contributed by atoms with E-state index in [4.69, 9.17) is 0 Å². The van der Waals surface area contributed by atoms with Crippen LogP contribution in [0.3, 0.4) is 0 Å². The molecule has 0 aliphatic rings.